The SMILES string of the molecule is Nc1noc2cc(C(=O)COC(=O)[C@@H]3CCc4cc(-c5cc(Cl)ccc5-n5cc(C(F)(F)F)nn5)cc(=O)n43)ccc12. The standard InChI is InChI=1S/C27H18ClF3N6O5/c28-15-2-5-19(36-11-23(33-35-36)27(29,30)31)18(10-15)14-7-16-3-6-20(37(16)24(39)9-14)26(40)41-12-21(38)13-1-4-17-22(8-13)42-34-25(17)32/h1-2,4-5,7-11,20H,3,6,12H2,(H2,32,34)/t20-/m0/s1. The molecule has 0 spiro atoms. The summed E-state index contributed by atoms with van der Waals surface area (Å²) in [6.07, 6.45) is -3.38. The van der Waals surface area contributed by atoms with E-state index >= 15 is 0 Å². The molecule has 6 rings (SSSR count). The normalized spacial score (nSPS) is 14.7. The molecular formula is C27H18ClF3N6O5. The van der Waals surface area contributed by atoms with Gasteiger partial charge in [0, 0.05) is 27.9 Å². The monoisotopic (exact) mass is 598 g/mol. The lowest BCUT2D eigenvalue weighted by molar-refractivity contribution is -0.146. The first-order valence-electron chi connectivity index (χ1n) is 12.4. The van der Waals surface area contributed by atoms with Crippen LogP contribution in [0.1, 0.15) is 34.2 Å². The number of hydrogen-bond donors (Lipinski definition) is 1. The Balaban J connectivity index is 1.23. The third-order valence-corrected chi connectivity index (χ3v) is 7.11. The van der Waals surface area contributed by atoms with Crippen LogP contribution in [-0.2, 0) is 22.1 Å². The van der Waals surface area contributed by atoms with Gasteiger partial charge in [-0.3, -0.25) is 14.2 Å². The van der Waals surface area contributed by atoms with E-state index < -0.39 is 41.8 Å². The minimum atomic E-state index is -4.69. The highest BCUT2D eigenvalue weighted by Crippen LogP contribution is 2.34. The van der Waals surface area contributed by atoms with Gasteiger partial charge in [0.2, 0.25) is 0 Å². The minimum absolute atomic E-state index is 0.185. The molecule has 2 aromatic carbocycles. The molecule has 0 saturated carbocycles. The van der Waals surface area contributed by atoms with E-state index in [1.807, 2.05) is 0 Å². The largest absolute Gasteiger partial charge is 0.456 e. The molecule has 0 amide bonds. The van der Waals surface area contributed by atoms with Gasteiger partial charge < -0.3 is 15.0 Å². The highest BCUT2D eigenvalue weighted by Gasteiger charge is 2.35. The molecule has 3 aromatic heterocycles. The summed E-state index contributed by atoms with van der Waals surface area (Å²) >= 11 is 6.18. The van der Waals surface area contributed by atoms with Crippen molar-refractivity contribution in [2.75, 3.05) is 12.3 Å². The Bertz CT molecular complexity index is 1950. The number of rotatable bonds is 6. The predicted molar refractivity (Wildman–Crippen MR) is 142 cm³/mol. The van der Waals surface area contributed by atoms with Crippen LogP contribution in [-0.4, -0.2) is 43.1 Å². The van der Waals surface area contributed by atoms with Crippen molar-refractivity contribution in [2.24, 2.45) is 0 Å². The molecule has 4 heterocycles. The molecule has 15 heteroatoms. The number of ether oxygens (including phenoxy) is 1. The Labute approximate surface area is 238 Å². The first-order chi connectivity index (χ1) is 20.0. The van der Waals surface area contributed by atoms with Crippen molar-refractivity contribution in [2.45, 2.75) is 25.1 Å². The van der Waals surface area contributed by atoms with Crippen LogP contribution in [0.15, 0.2) is 64.0 Å². The van der Waals surface area contributed by atoms with Gasteiger partial charge in [-0.05, 0) is 54.8 Å². The molecule has 0 fully saturated rings. The summed E-state index contributed by atoms with van der Waals surface area (Å²) in [4.78, 5) is 38.8. The summed E-state index contributed by atoms with van der Waals surface area (Å²) in [6, 6.07) is 10.9. The number of hydrogen-bond acceptors (Lipinski definition) is 9. The van der Waals surface area contributed by atoms with Crippen LogP contribution in [0.25, 0.3) is 27.8 Å². The molecule has 1 atom stereocenters. The van der Waals surface area contributed by atoms with E-state index in [1.54, 1.807) is 12.1 Å². The van der Waals surface area contributed by atoms with Crippen LogP contribution in [0.4, 0.5) is 19.0 Å². The van der Waals surface area contributed by atoms with Crippen LogP contribution in [0, 0.1) is 0 Å². The zero-order chi connectivity index (χ0) is 29.8. The maximum absolute atomic E-state index is 13.2. The summed E-state index contributed by atoms with van der Waals surface area (Å²) in [5, 5.41) is 11.2. The molecule has 0 saturated heterocycles. The fourth-order valence-electron chi connectivity index (χ4n) is 4.87. The van der Waals surface area contributed by atoms with E-state index in [4.69, 9.17) is 26.6 Å². The second kappa shape index (κ2) is 10.1. The third-order valence-electron chi connectivity index (χ3n) is 6.87. The van der Waals surface area contributed by atoms with Gasteiger partial charge in [0.15, 0.2) is 29.5 Å². The maximum Gasteiger partial charge on any atom is 0.436 e. The highest BCUT2D eigenvalue weighted by atomic mass is 35.5. The first-order valence-corrected chi connectivity index (χ1v) is 12.8. The van der Waals surface area contributed by atoms with Crippen molar-refractivity contribution in [1.29, 1.82) is 0 Å². The second-order valence-electron chi connectivity index (χ2n) is 9.52. The van der Waals surface area contributed by atoms with Crippen LogP contribution in [0.5, 0.6) is 0 Å². The lowest BCUT2D eigenvalue weighted by atomic mass is 10.0. The third kappa shape index (κ3) is 4.89. The number of carbonyl (C=O) groups is 2. The zero-order valence-corrected chi connectivity index (χ0v) is 22.0. The fourth-order valence-corrected chi connectivity index (χ4v) is 5.04. The van der Waals surface area contributed by atoms with Gasteiger partial charge in [0.1, 0.15) is 6.04 Å². The van der Waals surface area contributed by atoms with Crippen LogP contribution < -0.4 is 11.3 Å². The van der Waals surface area contributed by atoms with E-state index in [-0.39, 0.29) is 28.5 Å². The number of aryl methyl sites for hydroxylation is 1. The molecule has 0 unspecified atom stereocenters. The van der Waals surface area contributed by atoms with Gasteiger partial charge in [-0.1, -0.05) is 28.0 Å². The average molecular weight is 599 g/mol. The summed E-state index contributed by atoms with van der Waals surface area (Å²) < 4.78 is 51.9. The molecule has 42 heavy (non-hydrogen) atoms. The Kier molecular flexibility index (Phi) is 6.56. The van der Waals surface area contributed by atoms with Crippen LogP contribution >= 0.6 is 11.6 Å². The predicted octanol–water partition coefficient (Wildman–Crippen LogP) is 4.41. The molecule has 1 aliphatic rings. The Hall–Kier alpha value is -4.98. The maximum atomic E-state index is 13.2. The van der Waals surface area contributed by atoms with Crippen molar-refractivity contribution < 1.29 is 32.0 Å². The average Bonchev–Trinajstić information content (AvgIpc) is 3.70. The van der Waals surface area contributed by atoms with Gasteiger partial charge in [0.05, 0.1) is 17.3 Å². The Morgan fingerprint density at radius 1 is 1.14 bits per heavy atom. The number of nitrogen functional groups attached to an aromatic ring is 1. The molecular weight excluding hydrogens is 581 g/mol. The molecule has 0 aliphatic carbocycles. The number of halogens is 4. The molecule has 0 bridgehead atoms. The Morgan fingerprint density at radius 2 is 1.95 bits per heavy atom. The van der Waals surface area contributed by atoms with Crippen molar-refractivity contribution >= 4 is 40.1 Å². The van der Waals surface area contributed by atoms with Gasteiger partial charge >= 0.3 is 12.1 Å². The van der Waals surface area contributed by atoms with Crippen molar-refractivity contribution in [3.63, 3.8) is 0 Å². The van der Waals surface area contributed by atoms with E-state index in [1.165, 1.54) is 41.0 Å². The van der Waals surface area contributed by atoms with Gasteiger partial charge in [0.25, 0.3) is 5.56 Å². The summed E-state index contributed by atoms with van der Waals surface area (Å²) in [5.41, 5.74) is 5.91. The molecule has 1 aliphatic heterocycles. The van der Waals surface area contributed by atoms with E-state index in [9.17, 15) is 27.6 Å². The Morgan fingerprint density at radius 3 is 2.71 bits per heavy atom. The number of Topliss-reactive ketones (excluding diaryl/α,β-unsaturated/α-hetero) is 1. The molecule has 2 N–H and O–H groups in total. The molecule has 11 nitrogen and oxygen atoms in total. The number of anilines is 1. The first kappa shape index (κ1) is 27.2. The van der Waals surface area contributed by atoms with Crippen LogP contribution in [0.3, 0.4) is 0 Å². The van der Waals surface area contributed by atoms with Gasteiger partial charge in [-0.25, -0.2) is 9.48 Å². The van der Waals surface area contributed by atoms with Crippen LogP contribution in [0.2, 0.25) is 5.02 Å². The number of nitrogens with zero attached hydrogens (tertiary/aromatic N) is 5. The summed E-state index contributed by atoms with van der Waals surface area (Å²) in [5.74, 6) is -1.06. The number of alkyl halides is 3. The smallest absolute Gasteiger partial charge is 0.436 e. The van der Waals surface area contributed by atoms with E-state index in [2.05, 4.69) is 15.5 Å². The number of carbonyl (C=O) groups excluding carboxylic acids is 2. The quantitative estimate of drug-likeness (QED) is 0.222. The lowest BCUT2D eigenvalue weighted by Crippen LogP contribution is -2.29. The van der Waals surface area contributed by atoms with Crippen molar-refractivity contribution in [3.05, 3.63) is 87.1 Å². The molecule has 0 radical (unpaired) electrons. The van der Waals surface area contributed by atoms with Crippen molar-refractivity contribution in [1.82, 2.24) is 24.7 Å². The van der Waals surface area contributed by atoms with E-state index in [0.717, 1.165) is 10.9 Å². The topological polar surface area (TPSA) is 148 Å². The minimum Gasteiger partial charge on any atom is -0.456 e. The summed E-state index contributed by atoms with van der Waals surface area (Å²) in [6.45, 7) is -0.559. The number of esters is 1. The molecule has 214 valence electrons. The summed E-state index contributed by atoms with van der Waals surface area (Å²) in [7, 11) is 0. The lowest BCUT2D eigenvalue weighted by Gasteiger charge is -2.15. The van der Waals surface area contributed by atoms with Gasteiger partial charge in [-0.15, -0.1) is 5.10 Å². The second-order valence-corrected chi connectivity index (χ2v) is 9.95. The number of ketones is 1. The number of aromatic nitrogens is 5. The molecule has 5 aromatic rings. The fraction of sp³-hybridized carbons (Fsp3) is 0.185. The number of benzene rings is 2. The van der Waals surface area contributed by atoms with Crippen molar-refractivity contribution in [3.8, 4) is 16.8 Å². The number of pyridine rings is 1. The highest BCUT2D eigenvalue weighted by molar-refractivity contribution is 6.31. The number of fused-ring (bicyclic) bond motifs is 2. The van der Waals surface area contributed by atoms with Gasteiger partial charge in [-0.2, -0.15) is 13.2 Å². The van der Waals surface area contributed by atoms with E-state index in [0.29, 0.717) is 34.2 Å². The number of nitrogens with two attached hydrogens (primary N) is 1. The zero-order valence-electron chi connectivity index (χ0n) is 21.3.